The van der Waals surface area contributed by atoms with Crippen molar-refractivity contribution in [2.45, 2.75) is 44.3 Å². The number of aromatic nitrogens is 2. The summed E-state index contributed by atoms with van der Waals surface area (Å²) in [6.45, 7) is 3.25. The molecule has 2 aromatic rings. The molecular weight excluding hydrogens is 507 g/mol. The van der Waals surface area contributed by atoms with Gasteiger partial charge in [-0.25, -0.2) is 4.79 Å². The SMILES string of the molecule is CC=CC1C(c2ccc(C(F)(F)F)cc2)N(CC(C)(O)Cn2cc([N+](=O)[O-])nc2Cl)CCN1C(=O)O. The molecule has 1 aliphatic rings. The van der Waals surface area contributed by atoms with Crippen molar-refractivity contribution < 1.29 is 33.1 Å². The fourth-order valence-electron chi connectivity index (χ4n) is 4.43. The van der Waals surface area contributed by atoms with Gasteiger partial charge in [0.1, 0.15) is 6.20 Å². The van der Waals surface area contributed by atoms with Crippen molar-refractivity contribution in [1.29, 1.82) is 0 Å². The van der Waals surface area contributed by atoms with Crippen molar-refractivity contribution >= 4 is 23.5 Å². The lowest BCUT2D eigenvalue weighted by Gasteiger charge is -2.47. The number of imidazole rings is 1. The Kier molecular flexibility index (Phi) is 7.96. The van der Waals surface area contributed by atoms with Crippen molar-refractivity contribution in [2.75, 3.05) is 19.6 Å². The number of allylic oxidation sites excluding steroid dienone is 1. The number of nitrogens with zero attached hydrogens (tertiary/aromatic N) is 5. The van der Waals surface area contributed by atoms with E-state index in [2.05, 4.69) is 4.98 Å². The monoisotopic (exact) mass is 531 g/mol. The van der Waals surface area contributed by atoms with Gasteiger partial charge in [0, 0.05) is 19.6 Å². The van der Waals surface area contributed by atoms with Crippen LogP contribution in [0, 0.1) is 10.1 Å². The van der Waals surface area contributed by atoms with Crippen LogP contribution in [-0.2, 0) is 12.7 Å². The van der Waals surface area contributed by atoms with Crippen molar-refractivity contribution in [3.8, 4) is 0 Å². The van der Waals surface area contributed by atoms with Gasteiger partial charge in [0.25, 0.3) is 0 Å². The van der Waals surface area contributed by atoms with E-state index in [0.29, 0.717) is 5.56 Å². The Morgan fingerprint density at radius 2 is 1.92 bits per heavy atom. The summed E-state index contributed by atoms with van der Waals surface area (Å²) in [7, 11) is 0. The molecule has 0 saturated carbocycles. The summed E-state index contributed by atoms with van der Waals surface area (Å²) in [6.07, 6.45) is -1.32. The van der Waals surface area contributed by atoms with E-state index in [1.165, 1.54) is 28.5 Å². The Hall–Kier alpha value is -3.16. The van der Waals surface area contributed by atoms with E-state index in [1.807, 2.05) is 0 Å². The Morgan fingerprint density at radius 1 is 1.28 bits per heavy atom. The van der Waals surface area contributed by atoms with Crippen LogP contribution in [0.2, 0.25) is 5.28 Å². The number of amides is 1. The van der Waals surface area contributed by atoms with Crippen molar-refractivity contribution in [1.82, 2.24) is 19.4 Å². The lowest BCUT2D eigenvalue weighted by Crippen LogP contribution is -2.58. The second kappa shape index (κ2) is 10.4. The molecule has 36 heavy (non-hydrogen) atoms. The maximum absolute atomic E-state index is 13.1. The van der Waals surface area contributed by atoms with Crippen molar-refractivity contribution in [3.63, 3.8) is 0 Å². The normalized spacial score (nSPS) is 21.0. The molecule has 1 aromatic heterocycles. The molecule has 3 atom stereocenters. The predicted molar refractivity (Wildman–Crippen MR) is 124 cm³/mol. The molecular formula is C22H25ClF3N5O5. The number of aliphatic hydroxyl groups is 1. The van der Waals surface area contributed by atoms with Gasteiger partial charge in [-0.3, -0.25) is 14.4 Å². The number of alkyl halides is 3. The van der Waals surface area contributed by atoms with Gasteiger partial charge in [-0.1, -0.05) is 24.3 Å². The molecule has 0 spiro atoms. The summed E-state index contributed by atoms with van der Waals surface area (Å²) in [4.78, 5) is 28.8. The minimum Gasteiger partial charge on any atom is -0.465 e. The Morgan fingerprint density at radius 3 is 2.42 bits per heavy atom. The zero-order chi connectivity index (χ0) is 26.8. The van der Waals surface area contributed by atoms with Crippen LogP contribution in [0.4, 0.5) is 23.8 Å². The van der Waals surface area contributed by atoms with E-state index >= 15 is 0 Å². The molecule has 1 saturated heterocycles. The fraction of sp³-hybridized carbons (Fsp3) is 0.455. The van der Waals surface area contributed by atoms with Gasteiger partial charge in [-0.2, -0.15) is 13.2 Å². The molecule has 1 aromatic carbocycles. The molecule has 1 fully saturated rings. The number of β-amino-alcohol motifs (C(OH)–C–C–N with tert-alkyl or cyclic N) is 1. The Labute approximate surface area is 209 Å². The maximum Gasteiger partial charge on any atom is 0.416 e. The molecule has 2 heterocycles. The number of nitro groups is 1. The van der Waals surface area contributed by atoms with Gasteiger partial charge in [0.05, 0.1) is 29.8 Å². The first-order valence-electron chi connectivity index (χ1n) is 10.9. The second-order valence-corrected chi connectivity index (χ2v) is 9.12. The summed E-state index contributed by atoms with van der Waals surface area (Å²) in [5.41, 5.74) is -1.92. The second-order valence-electron chi connectivity index (χ2n) is 8.78. The predicted octanol–water partition coefficient (Wildman–Crippen LogP) is 4.20. The molecule has 2 N–H and O–H groups in total. The molecule has 1 amide bonds. The minimum atomic E-state index is -4.53. The van der Waals surface area contributed by atoms with Crippen LogP contribution >= 0.6 is 11.6 Å². The Bertz CT molecular complexity index is 1140. The lowest BCUT2D eigenvalue weighted by atomic mass is 9.91. The zero-order valence-corrected chi connectivity index (χ0v) is 20.1. The topological polar surface area (TPSA) is 125 Å². The molecule has 3 rings (SSSR count). The Balaban J connectivity index is 1.96. The lowest BCUT2D eigenvalue weighted by molar-refractivity contribution is -0.389. The number of carboxylic acid groups (broad SMARTS) is 1. The van der Waals surface area contributed by atoms with Crippen LogP contribution in [0.25, 0.3) is 0 Å². The molecule has 10 nitrogen and oxygen atoms in total. The molecule has 196 valence electrons. The number of rotatable bonds is 7. The first-order valence-corrected chi connectivity index (χ1v) is 11.2. The van der Waals surface area contributed by atoms with Crippen molar-refractivity contribution in [2.24, 2.45) is 0 Å². The number of hydrogen-bond donors (Lipinski definition) is 2. The van der Waals surface area contributed by atoms with Crippen LogP contribution in [0.3, 0.4) is 0 Å². The molecule has 14 heteroatoms. The third-order valence-electron chi connectivity index (χ3n) is 5.88. The maximum atomic E-state index is 13.1. The molecule has 0 aliphatic carbocycles. The molecule has 3 unspecified atom stereocenters. The van der Waals surface area contributed by atoms with Gasteiger partial charge in [-0.05, 0) is 53.1 Å². The third kappa shape index (κ3) is 6.15. The van der Waals surface area contributed by atoms with Crippen LogP contribution < -0.4 is 0 Å². The highest BCUT2D eigenvalue weighted by Gasteiger charge is 2.41. The van der Waals surface area contributed by atoms with E-state index in [4.69, 9.17) is 11.6 Å². The molecule has 0 bridgehead atoms. The summed E-state index contributed by atoms with van der Waals surface area (Å²) in [5, 5.41) is 31.7. The first kappa shape index (κ1) is 27.4. The van der Waals surface area contributed by atoms with Gasteiger partial charge in [0.2, 0.25) is 0 Å². The average molecular weight is 532 g/mol. The van der Waals surface area contributed by atoms with Crippen LogP contribution in [0.5, 0.6) is 0 Å². The minimum absolute atomic E-state index is 0.0392. The summed E-state index contributed by atoms with van der Waals surface area (Å²) in [6, 6.07) is 3.00. The van der Waals surface area contributed by atoms with E-state index in [-0.39, 0.29) is 31.5 Å². The third-order valence-corrected chi connectivity index (χ3v) is 6.18. The standard InChI is InChI=1S/C22H25ClF3N5O5/c1-3-4-16-18(14-5-7-15(8-6-14)22(24,25)26)28(9-10-30(16)20(32)33)12-21(2,34)13-29-11-17(31(35)36)27-19(29)23/h3-8,11,16,18,34H,9-10,12-13H2,1-2H3,(H,32,33). The van der Waals surface area contributed by atoms with Crippen LogP contribution in [-0.4, -0.2) is 71.9 Å². The highest BCUT2D eigenvalue weighted by atomic mass is 35.5. The number of halogens is 4. The highest BCUT2D eigenvalue weighted by Crippen LogP contribution is 2.36. The fourth-order valence-corrected chi connectivity index (χ4v) is 4.62. The van der Waals surface area contributed by atoms with Crippen LogP contribution in [0.15, 0.2) is 42.6 Å². The van der Waals surface area contributed by atoms with Gasteiger partial charge in [-0.15, -0.1) is 0 Å². The first-order chi connectivity index (χ1) is 16.7. The summed E-state index contributed by atoms with van der Waals surface area (Å²) >= 11 is 5.98. The number of piperazine rings is 1. The zero-order valence-electron chi connectivity index (χ0n) is 19.4. The summed E-state index contributed by atoms with van der Waals surface area (Å²) < 4.78 is 40.6. The number of benzene rings is 1. The number of hydrogen-bond acceptors (Lipinski definition) is 6. The van der Waals surface area contributed by atoms with Crippen LogP contribution in [0.1, 0.15) is 31.0 Å². The largest absolute Gasteiger partial charge is 0.465 e. The number of carbonyl (C=O) groups is 1. The highest BCUT2D eigenvalue weighted by molar-refractivity contribution is 6.28. The quantitative estimate of drug-likeness (QED) is 0.312. The van der Waals surface area contributed by atoms with Gasteiger partial charge >= 0.3 is 23.4 Å². The average Bonchev–Trinajstić information content (AvgIpc) is 3.13. The summed E-state index contributed by atoms with van der Waals surface area (Å²) in [5.74, 6) is -0.485. The van der Waals surface area contributed by atoms with E-state index in [9.17, 15) is 38.3 Å². The van der Waals surface area contributed by atoms with Crippen molar-refractivity contribution in [3.05, 3.63) is 69.1 Å². The molecule has 1 aliphatic heterocycles. The van der Waals surface area contributed by atoms with E-state index < -0.39 is 46.3 Å². The van der Waals surface area contributed by atoms with Gasteiger partial charge in [0.15, 0.2) is 0 Å². The van der Waals surface area contributed by atoms with Gasteiger partial charge < -0.3 is 20.3 Å². The smallest absolute Gasteiger partial charge is 0.416 e. The molecule has 0 radical (unpaired) electrons. The van der Waals surface area contributed by atoms with E-state index in [1.54, 1.807) is 24.0 Å². The van der Waals surface area contributed by atoms with E-state index in [0.717, 1.165) is 18.3 Å².